The third-order valence-corrected chi connectivity index (χ3v) is 5.49. The van der Waals surface area contributed by atoms with E-state index in [1.54, 1.807) is 0 Å². The first-order valence-electron chi connectivity index (χ1n) is 8.86. The van der Waals surface area contributed by atoms with E-state index in [0.717, 1.165) is 19.4 Å². The zero-order valence-electron chi connectivity index (χ0n) is 15.0. The van der Waals surface area contributed by atoms with Gasteiger partial charge in [0.15, 0.2) is 0 Å². The SMILES string of the molecule is Cc1ccc(CCNC(=O)N2CC3(C)CC2CC(C)(C)C3)cc1. The fourth-order valence-corrected chi connectivity index (χ4v) is 4.87. The van der Waals surface area contributed by atoms with Crippen LogP contribution in [-0.4, -0.2) is 30.1 Å². The lowest BCUT2D eigenvalue weighted by atomic mass is 9.65. The van der Waals surface area contributed by atoms with E-state index in [1.807, 2.05) is 0 Å². The molecule has 1 saturated carbocycles. The summed E-state index contributed by atoms with van der Waals surface area (Å²) in [7, 11) is 0. The number of carbonyl (C=O) groups excluding carboxylic acids is 1. The molecular weight excluding hydrogens is 284 g/mol. The summed E-state index contributed by atoms with van der Waals surface area (Å²) in [4.78, 5) is 14.7. The van der Waals surface area contributed by atoms with E-state index in [4.69, 9.17) is 0 Å². The van der Waals surface area contributed by atoms with Crippen LogP contribution in [0.2, 0.25) is 0 Å². The van der Waals surface area contributed by atoms with Crippen LogP contribution in [0.3, 0.4) is 0 Å². The summed E-state index contributed by atoms with van der Waals surface area (Å²) in [5.74, 6) is 0. The average molecular weight is 314 g/mol. The Morgan fingerprint density at radius 1 is 1.22 bits per heavy atom. The largest absolute Gasteiger partial charge is 0.338 e. The van der Waals surface area contributed by atoms with Crippen molar-refractivity contribution in [3.8, 4) is 0 Å². The van der Waals surface area contributed by atoms with Crippen molar-refractivity contribution >= 4 is 6.03 Å². The van der Waals surface area contributed by atoms with E-state index in [2.05, 4.69) is 62.2 Å². The number of nitrogens with zero attached hydrogens (tertiary/aromatic N) is 1. The van der Waals surface area contributed by atoms with Gasteiger partial charge in [-0.05, 0) is 49.0 Å². The van der Waals surface area contributed by atoms with Gasteiger partial charge < -0.3 is 10.2 Å². The van der Waals surface area contributed by atoms with Gasteiger partial charge in [0.1, 0.15) is 0 Å². The van der Waals surface area contributed by atoms with Crippen molar-refractivity contribution in [3.63, 3.8) is 0 Å². The zero-order valence-corrected chi connectivity index (χ0v) is 15.0. The van der Waals surface area contributed by atoms with Crippen molar-refractivity contribution in [3.05, 3.63) is 35.4 Å². The molecule has 1 aromatic rings. The second-order valence-corrected chi connectivity index (χ2v) is 8.81. The van der Waals surface area contributed by atoms with Gasteiger partial charge in [0.05, 0.1) is 0 Å². The normalized spacial score (nSPS) is 28.7. The molecule has 1 aliphatic carbocycles. The van der Waals surface area contributed by atoms with E-state index in [1.165, 1.54) is 24.0 Å². The molecule has 1 aliphatic heterocycles. The number of likely N-dealkylation sites (tertiary alicyclic amines) is 1. The molecule has 0 spiro atoms. The number of aryl methyl sites for hydroxylation is 1. The van der Waals surface area contributed by atoms with Gasteiger partial charge in [-0.15, -0.1) is 0 Å². The van der Waals surface area contributed by atoms with Crippen LogP contribution >= 0.6 is 0 Å². The van der Waals surface area contributed by atoms with Crippen molar-refractivity contribution in [1.29, 1.82) is 0 Å². The first-order chi connectivity index (χ1) is 10.8. The fraction of sp³-hybridized carbons (Fsp3) is 0.650. The summed E-state index contributed by atoms with van der Waals surface area (Å²) in [6.45, 7) is 10.8. The van der Waals surface area contributed by atoms with Crippen LogP contribution < -0.4 is 5.32 Å². The molecule has 126 valence electrons. The standard InChI is InChI=1S/C20H30N2O/c1-15-5-7-16(8-6-15)9-10-21-18(23)22-14-20(4)12-17(22)11-19(2,3)13-20/h5-8,17H,9-14H2,1-4H3,(H,21,23). The highest BCUT2D eigenvalue weighted by Crippen LogP contribution is 2.52. The minimum atomic E-state index is 0.128. The predicted molar refractivity (Wildman–Crippen MR) is 94.5 cm³/mol. The molecule has 2 atom stereocenters. The Bertz CT molecular complexity index is 578. The highest BCUT2D eigenvalue weighted by molar-refractivity contribution is 5.75. The number of benzene rings is 1. The minimum absolute atomic E-state index is 0.128. The number of hydrogen-bond acceptors (Lipinski definition) is 1. The first kappa shape index (κ1) is 16.4. The van der Waals surface area contributed by atoms with Gasteiger partial charge in [-0.2, -0.15) is 0 Å². The molecule has 3 heteroatoms. The summed E-state index contributed by atoms with van der Waals surface area (Å²) in [6, 6.07) is 9.10. The van der Waals surface area contributed by atoms with Crippen LogP contribution in [0.25, 0.3) is 0 Å². The third-order valence-electron chi connectivity index (χ3n) is 5.49. The molecule has 3 nitrogen and oxygen atoms in total. The van der Waals surface area contributed by atoms with E-state index in [0.29, 0.717) is 23.4 Å². The van der Waals surface area contributed by atoms with Crippen LogP contribution in [0.5, 0.6) is 0 Å². The lowest BCUT2D eigenvalue weighted by Crippen LogP contribution is -2.44. The lowest BCUT2D eigenvalue weighted by molar-refractivity contribution is 0.129. The molecule has 2 amide bonds. The maximum atomic E-state index is 12.6. The van der Waals surface area contributed by atoms with Crippen molar-refractivity contribution in [2.45, 2.75) is 59.4 Å². The maximum absolute atomic E-state index is 12.6. The zero-order chi connectivity index (χ0) is 16.7. The number of rotatable bonds is 3. The Morgan fingerprint density at radius 3 is 2.61 bits per heavy atom. The fourth-order valence-electron chi connectivity index (χ4n) is 4.87. The third kappa shape index (κ3) is 3.70. The quantitative estimate of drug-likeness (QED) is 0.893. The molecule has 23 heavy (non-hydrogen) atoms. The Balaban J connectivity index is 1.54. The Morgan fingerprint density at radius 2 is 1.91 bits per heavy atom. The van der Waals surface area contributed by atoms with Gasteiger partial charge in [-0.1, -0.05) is 50.6 Å². The van der Waals surface area contributed by atoms with E-state index in [9.17, 15) is 4.79 Å². The number of urea groups is 1. The van der Waals surface area contributed by atoms with Gasteiger partial charge in [0, 0.05) is 19.1 Å². The van der Waals surface area contributed by atoms with Gasteiger partial charge >= 0.3 is 6.03 Å². The van der Waals surface area contributed by atoms with E-state index in [-0.39, 0.29) is 6.03 Å². The summed E-state index contributed by atoms with van der Waals surface area (Å²) in [5.41, 5.74) is 3.22. The van der Waals surface area contributed by atoms with Crippen LogP contribution in [0.15, 0.2) is 24.3 Å². The second-order valence-electron chi connectivity index (χ2n) is 8.81. The molecule has 1 saturated heterocycles. The Labute approximate surface area is 140 Å². The molecule has 0 radical (unpaired) electrons. The van der Waals surface area contributed by atoms with Gasteiger partial charge in [-0.3, -0.25) is 0 Å². The first-order valence-corrected chi connectivity index (χ1v) is 8.86. The number of amides is 2. The molecule has 2 unspecified atom stereocenters. The number of fused-ring (bicyclic) bond motifs is 2. The molecule has 3 rings (SSSR count). The van der Waals surface area contributed by atoms with Crippen molar-refractivity contribution < 1.29 is 4.79 Å². The molecule has 2 bridgehead atoms. The lowest BCUT2D eigenvalue weighted by Gasteiger charge is -2.39. The van der Waals surface area contributed by atoms with Crippen LogP contribution in [0.4, 0.5) is 4.79 Å². The van der Waals surface area contributed by atoms with Gasteiger partial charge in [0.25, 0.3) is 0 Å². The molecule has 2 aliphatic rings. The highest BCUT2D eigenvalue weighted by Gasteiger charge is 2.50. The molecule has 2 fully saturated rings. The summed E-state index contributed by atoms with van der Waals surface area (Å²) < 4.78 is 0. The molecular formula is C20H30N2O. The van der Waals surface area contributed by atoms with Crippen LogP contribution in [0, 0.1) is 17.8 Å². The minimum Gasteiger partial charge on any atom is -0.338 e. The summed E-state index contributed by atoms with van der Waals surface area (Å²) in [6.07, 6.45) is 4.42. The van der Waals surface area contributed by atoms with E-state index < -0.39 is 0 Å². The summed E-state index contributed by atoms with van der Waals surface area (Å²) in [5, 5.41) is 3.13. The summed E-state index contributed by atoms with van der Waals surface area (Å²) >= 11 is 0. The van der Waals surface area contributed by atoms with Crippen LogP contribution in [0.1, 0.15) is 51.2 Å². The molecule has 1 N–H and O–H groups in total. The second kappa shape index (κ2) is 5.85. The molecule has 1 heterocycles. The highest BCUT2D eigenvalue weighted by atomic mass is 16.2. The van der Waals surface area contributed by atoms with Gasteiger partial charge in [-0.25, -0.2) is 4.79 Å². The monoisotopic (exact) mass is 314 g/mol. The van der Waals surface area contributed by atoms with Crippen LogP contribution in [-0.2, 0) is 6.42 Å². The van der Waals surface area contributed by atoms with E-state index >= 15 is 0 Å². The van der Waals surface area contributed by atoms with Crippen molar-refractivity contribution in [1.82, 2.24) is 10.2 Å². The van der Waals surface area contributed by atoms with Crippen molar-refractivity contribution in [2.75, 3.05) is 13.1 Å². The van der Waals surface area contributed by atoms with Gasteiger partial charge in [0.2, 0.25) is 0 Å². The number of carbonyl (C=O) groups is 1. The smallest absolute Gasteiger partial charge is 0.317 e. The molecule has 1 aromatic carbocycles. The Kier molecular flexibility index (Phi) is 4.16. The maximum Gasteiger partial charge on any atom is 0.317 e. The predicted octanol–water partition coefficient (Wildman–Crippen LogP) is 4.15. The average Bonchev–Trinajstić information content (AvgIpc) is 2.70. The Hall–Kier alpha value is -1.51. The number of hydrogen-bond donors (Lipinski definition) is 1. The molecule has 0 aromatic heterocycles. The topological polar surface area (TPSA) is 32.3 Å². The van der Waals surface area contributed by atoms with Crippen molar-refractivity contribution in [2.24, 2.45) is 10.8 Å². The number of nitrogens with one attached hydrogen (secondary N) is 1.